The van der Waals surface area contributed by atoms with Crippen molar-refractivity contribution in [1.82, 2.24) is 10.6 Å². The first-order chi connectivity index (χ1) is 7.34. The van der Waals surface area contributed by atoms with Gasteiger partial charge in [-0.05, 0) is 37.8 Å². The van der Waals surface area contributed by atoms with Crippen LogP contribution in [0.1, 0.15) is 25.7 Å². The molecule has 0 aromatic heterocycles. The molecule has 0 saturated carbocycles. The molecular formula is C11H22N2OS. The fourth-order valence-electron chi connectivity index (χ4n) is 1.78. The van der Waals surface area contributed by atoms with Crippen molar-refractivity contribution >= 4 is 17.7 Å². The molecule has 0 aromatic rings. The molecule has 15 heavy (non-hydrogen) atoms. The summed E-state index contributed by atoms with van der Waals surface area (Å²) >= 11 is 1.89. The van der Waals surface area contributed by atoms with E-state index in [1.807, 2.05) is 11.8 Å². The minimum absolute atomic E-state index is 0.219. The standard InChI is InChI=1S/C11H22N2OS/c1-15-8-4-2-3-6-13-11(14)10-5-7-12-9-10/h10,12H,2-9H2,1H3,(H,13,14). The summed E-state index contributed by atoms with van der Waals surface area (Å²) in [6.07, 6.45) is 6.74. The number of rotatable bonds is 7. The first kappa shape index (κ1) is 12.8. The van der Waals surface area contributed by atoms with E-state index in [2.05, 4.69) is 16.9 Å². The normalized spacial score (nSPS) is 20.5. The Bertz CT molecular complexity index is 181. The van der Waals surface area contributed by atoms with Gasteiger partial charge in [-0.25, -0.2) is 0 Å². The van der Waals surface area contributed by atoms with Gasteiger partial charge in [0, 0.05) is 13.1 Å². The van der Waals surface area contributed by atoms with E-state index in [0.717, 1.165) is 32.5 Å². The van der Waals surface area contributed by atoms with Gasteiger partial charge in [-0.3, -0.25) is 4.79 Å². The Labute approximate surface area is 96.8 Å². The third kappa shape index (κ3) is 5.42. The van der Waals surface area contributed by atoms with Crippen molar-refractivity contribution in [2.45, 2.75) is 25.7 Å². The van der Waals surface area contributed by atoms with Crippen LogP contribution >= 0.6 is 11.8 Å². The Kier molecular flexibility index (Phi) is 6.85. The molecule has 1 amide bonds. The van der Waals surface area contributed by atoms with Gasteiger partial charge in [0.15, 0.2) is 0 Å². The van der Waals surface area contributed by atoms with Gasteiger partial charge in [0.2, 0.25) is 5.91 Å². The highest BCUT2D eigenvalue weighted by Crippen LogP contribution is 2.07. The van der Waals surface area contributed by atoms with E-state index in [1.165, 1.54) is 18.6 Å². The molecule has 2 N–H and O–H groups in total. The van der Waals surface area contributed by atoms with Crippen molar-refractivity contribution < 1.29 is 4.79 Å². The maximum Gasteiger partial charge on any atom is 0.224 e. The van der Waals surface area contributed by atoms with Gasteiger partial charge in [0.05, 0.1) is 5.92 Å². The summed E-state index contributed by atoms with van der Waals surface area (Å²) in [5.41, 5.74) is 0. The van der Waals surface area contributed by atoms with E-state index >= 15 is 0 Å². The molecule has 1 unspecified atom stereocenters. The van der Waals surface area contributed by atoms with Gasteiger partial charge in [0.25, 0.3) is 0 Å². The third-order valence-corrected chi connectivity index (χ3v) is 3.45. The molecule has 88 valence electrons. The van der Waals surface area contributed by atoms with Crippen molar-refractivity contribution in [3.05, 3.63) is 0 Å². The molecule has 0 aromatic carbocycles. The zero-order valence-electron chi connectivity index (χ0n) is 9.55. The third-order valence-electron chi connectivity index (χ3n) is 2.76. The number of hydrogen-bond donors (Lipinski definition) is 2. The first-order valence-corrected chi connectivity index (χ1v) is 7.21. The highest BCUT2D eigenvalue weighted by Gasteiger charge is 2.21. The SMILES string of the molecule is CSCCCCCNC(=O)C1CCNC1. The van der Waals surface area contributed by atoms with Crippen LogP contribution in [0, 0.1) is 5.92 Å². The summed E-state index contributed by atoms with van der Waals surface area (Å²) in [6, 6.07) is 0. The number of unbranched alkanes of at least 4 members (excludes halogenated alkanes) is 2. The number of hydrogen-bond acceptors (Lipinski definition) is 3. The van der Waals surface area contributed by atoms with E-state index in [4.69, 9.17) is 0 Å². The molecule has 0 aliphatic carbocycles. The van der Waals surface area contributed by atoms with Gasteiger partial charge >= 0.3 is 0 Å². The molecule has 0 spiro atoms. The first-order valence-electron chi connectivity index (χ1n) is 5.82. The van der Waals surface area contributed by atoms with E-state index in [9.17, 15) is 4.79 Å². The summed E-state index contributed by atoms with van der Waals surface area (Å²) in [7, 11) is 0. The summed E-state index contributed by atoms with van der Waals surface area (Å²) in [5.74, 6) is 1.70. The molecule has 1 heterocycles. The highest BCUT2D eigenvalue weighted by molar-refractivity contribution is 7.98. The van der Waals surface area contributed by atoms with Crippen molar-refractivity contribution in [2.75, 3.05) is 31.6 Å². The Morgan fingerprint density at radius 1 is 1.47 bits per heavy atom. The molecule has 0 bridgehead atoms. The highest BCUT2D eigenvalue weighted by atomic mass is 32.2. The lowest BCUT2D eigenvalue weighted by Crippen LogP contribution is -2.32. The van der Waals surface area contributed by atoms with Crippen LogP contribution in [0.15, 0.2) is 0 Å². The maximum absolute atomic E-state index is 11.6. The Morgan fingerprint density at radius 3 is 3.00 bits per heavy atom. The summed E-state index contributed by atoms with van der Waals surface area (Å²) in [5, 5.41) is 6.22. The zero-order chi connectivity index (χ0) is 10.9. The molecule has 1 fully saturated rings. The maximum atomic E-state index is 11.6. The Balaban J connectivity index is 1.92. The van der Waals surface area contributed by atoms with Crippen molar-refractivity contribution in [2.24, 2.45) is 5.92 Å². The molecular weight excluding hydrogens is 208 g/mol. The second-order valence-electron chi connectivity index (χ2n) is 4.03. The smallest absolute Gasteiger partial charge is 0.224 e. The molecule has 1 aliphatic heterocycles. The van der Waals surface area contributed by atoms with E-state index in [-0.39, 0.29) is 11.8 Å². The molecule has 0 radical (unpaired) electrons. The van der Waals surface area contributed by atoms with Gasteiger partial charge < -0.3 is 10.6 Å². The quantitative estimate of drug-likeness (QED) is 0.647. The van der Waals surface area contributed by atoms with Crippen LogP contribution in [-0.2, 0) is 4.79 Å². The summed E-state index contributed by atoms with van der Waals surface area (Å²) < 4.78 is 0. The van der Waals surface area contributed by atoms with Gasteiger partial charge in [-0.2, -0.15) is 11.8 Å². The lowest BCUT2D eigenvalue weighted by atomic mass is 10.1. The fourth-order valence-corrected chi connectivity index (χ4v) is 2.28. The van der Waals surface area contributed by atoms with Crippen LogP contribution < -0.4 is 10.6 Å². The minimum Gasteiger partial charge on any atom is -0.356 e. The monoisotopic (exact) mass is 230 g/mol. The van der Waals surface area contributed by atoms with Crippen molar-refractivity contribution in [3.8, 4) is 0 Å². The van der Waals surface area contributed by atoms with Crippen LogP contribution in [-0.4, -0.2) is 37.6 Å². The minimum atomic E-state index is 0.219. The van der Waals surface area contributed by atoms with Crippen LogP contribution in [0.2, 0.25) is 0 Å². The van der Waals surface area contributed by atoms with Crippen LogP contribution in [0.5, 0.6) is 0 Å². The van der Waals surface area contributed by atoms with Gasteiger partial charge in [-0.1, -0.05) is 6.42 Å². The number of carbonyl (C=O) groups excluding carboxylic acids is 1. The lowest BCUT2D eigenvalue weighted by Gasteiger charge is -2.09. The van der Waals surface area contributed by atoms with Gasteiger partial charge in [0.1, 0.15) is 0 Å². The molecule has 3 nitrogen and oxygen atoms in total. The largest absolute Gasteiger partial charge is 0.356 e. The topological polar surface area (TPSA) is 41.1 Å². The predicted molar refractivity (Wildman–Crippen MR) is 66.2 cm³/mol. The fraction of sp³-hybridized carbons (Fsp3) is 0.909. The number of carbonyl (C=O) groups is 1. The van der Waals surface area contributed by atoms with Crippen LogP contribution in [0.4, 0.5) is 0 Å². The predicted octanol–water partition coefficient (Wildman–Crippen LogP) is 1.25. The van der Waals surface area contributed by atoms with Crippen LogP contribution in [0.3, 0.4) is 0 Å². The van der Waals surface area contributed by atoms with Gasteiger partial charge in [-0.15, -0.1) is 0 Å². The molecule has 1 atom stereocenters. The lowest BCUT2D eigenvalue weighted by molar-refractivity contribution is -0.124. The van der Waals surface area contributed by atoms with Crippen molar-refractivity contribution in [1.29, 1.82) is 0 Å². The molecule has 4 heteroatoms. The summed E-state index contributed by atoms with van der Waals surface area (Å²) in [6.45, 7) is 2.70. The van der Waals surface area contributed by atoms with Crippen LogP contribution in [0.25, 0.3) is 0 Å². The number of nitrogens with one attached hydrogen (secondary N) is 2. The van der Waals surface area contributed by atoms with E-state index in [1.54, 1.807) is 0 Å². The number of thioether (sulfide) groups is 1. The average Bonchev–Trinajstić information content (AvgIpc) is 2.76. The molecule has 1 saturated heterocycles. The zero-order valence-corrected chi connectivity index (χ0v) is 10.4. The van der Waals surface area contributed by atoms with E-state index < -0.39 is 0 Å². The average molecular weight is 230 g/mol. The number of amides is 1. The molecule has 1 aliphatic rings. The van der Waals surface area contributed by atoms with E-state index in [0.29, 0.717) is 0 Å². The van der Waals surface area contributed by atoms with Crippen molar-refractivity contribution in [3.63, 3.8) is 0 Å². The summed E-state index contributed by atoms with van der Waals surface area (Å²) in [4.78, 5) is 11.6. The Morgan fingerprint density at radius 2 is 2.33 bits per heavy atom. The second kappa shape index (κ2) is 7.99. The second-order valence-corrected chi connectivity index (χ2v) is 5.02. The Hall–Kier alpha value is -0.220. The molecule has 1 rings (SSSR count).